The fraction of sp³-hybridized carbons (Fsp3) is 0.127. The molecule has 5 nitrogen and oxygen atoms in total. The van der Waals surface area contributed by atoms with E-state index < -0.39 is 33.8 Å². The fourth-order valence-corrected chi connectivity index (χ4v) is 20.4. The van der Waals surface area contributed by atoms with Crippen molar-refractivity contribution in [3.63, 3.8) is 0 Å². The molecule has 5 heterocycles. The Morgan fingerprint density at radius 1 is 0.284 bits per heavy atom. The van der Waals surface area contributed by atoms with Crippen LogP contribution in [0.3, 0.4) is 0 Å². The summed E-state index contributed by atoms with van der Waals surface area (Å²) in [6, 6.07) is 112. The molecule has 0 amide bonds. The number of anilines is 6. The Bertz CT molecular complexity index is 7290. The first-order valence-corrected chi connectivity index (χ1v) is 40.6. The van der Waals surface area contributed by atoms with Crippen molar-refractivity contribution >= 4 is 79.0 Å². The van der Waals surface area contributed by atoms with Crippen LogP contribution in [-0.2, 0) is 27.1 Å². The summed E-state index contributed by atoms with van der Waals surface area (Å²) in [5.41, 5.74) is 28.3. The highest BCUT2D eigenvalue weighted by atomic mass is 16.5. The first kappa shape index (κ1) is 62.1. The lowest BCUT2D eigenvalue weighted by molar-refractivity contribution is 0.436. The van der Waals surface area contributed by atoms with Gasteiger partial charge in [-0.15, -0.1) is 0 Å². The minimum Gasteiger partial charge on any atom is -0.457 e. The second kappa shape index (κ2) is 24.6. The molecule has 17 aromatic rings. The molecule has 23 rings (SSSR count). The smallest absolute Gasteiger partial charge is 0.252 e. The zero-order valence-electron chi connectivity index (χ0n) is 72.2. The van der Waals surface area contributed by atoms with Crippen LogP contribution in [0.25, 0.3) is 83.1 Å². The van der Waals surface area contributed by atoms with Gasteiger partial charge in [-0.05, 0) is 207 Å². The molecule has 0 fully saturated rings. The lowest BCUT2D eigenvalue weighted by Crippen LogP contribution is -2.61. The van der Waals surface area contributed by atoms with Gasteiger partial charge >= 0.3 is 0 Å². The van der Waals surface area contributed by atoms with Gasteiger partial charge in [-0.2, -0.15) is 0 Å². The minimum atomic E-state index is -0.749. The average Bonchev–Trinajstić information content (AvgIpc) is 1.13. The van der Waals surface area contributed by atoms with Crippen LogP contribution < -0.4 is 35.7 Å². The Morgan fingerprint density at radius 3 is 1.15 bits per heavy atom. The summed E-state index contributed by atoms with van der Waals surface area (Å²) in [5, 5.41) is 0.640. The first-order chi connectivity index (χ1) is 59.0. The SMILES string of the molecule is [2H]c1c(C(C)(C)C)c([2H])c2c3c([2H])c(C(C)(C)C)c([2H])c([2H])c3n(-c3ccc4c(c3)N(c3ccccc3-c3ccc5c(c3)Oc3ccccc3C53c5ccccc5-c5ccccc53)c3cc(C(C)(C)C)cc5c3B4c3cc(-c4ccccc4)ccc3N5c3ccccc3-c3ccc4c(c3)Oc3ccccc3C43c4ccccc4-c4ccccc43)c2c1[2H]. The number of para-hydroxylation sites is 4. The first-order valence-electron chi connectivity index (χ1n) is 43.6. The Kier molecular flexibility index (Phi) is 13.1. The molecule has 0 atom stereocenters. The predicted molar refractivity (Wildman–Crippen MR) is 482 cm³/mol. The summed E-state index contributed by atoms with van der Waals surface area (Å²) in [6.45, 7) is 18.2. The normalized spacial score (nSPS) is 15.2. The summed E-state index contributed by atoms with van der Waals surface area (Å²) in [6.07, 6.45) is 0. The van der Waals surface area contributed by atoms with E-state index in [1.165, 1.54) is 44.5 Å². The van der Waals surface area contributed by atoms with E-state index in [1.54, 1.807) is 0 Å². The molecule has 0 unspecified atom stereocenters. The maximum absolute atomic E-state index is 10.4. The number of hydrogen-bond acceptors (Lipinski definition) is 4. The molecular weight excluding hydrogens is 1410 g/mol. The number of nitrogens with zero attached hydrogens (tertiary/aromatic N) is 3. The third-order valence-corrected chi connectivity index (χ3v) is 25.7. The number of rotatable bonds is 6. The van der Waals surface area contributed by atoms with Crippen LogP contribution >= 0.6 is 0 Å². The van der Waals surface area contributed by atoms with Crippen LogP contribution in [0.5, 0.6) is 23.0 Å². The monoisotopic (exact) mass is 1500 g/mol. The Morgan fingerprint density at radius 2 is 0.681 bits per heavy atom. The summed E-state index contributed by atoms with van der Waals surface area (Å²) in [4.78, 5) is 4.98. The average molecular weight is 1500 g/mol. The van der Waals surface area contributed by atoms with Gasteiger partial charge in [-0.3, -0.25) is 0 Å². The number of aromatic nitrogens is 1. The third-order valence-electron chi connectivity index (χ3n) is 25.7. The molecule has 6 aliphatic rings. The van der Waals surface area contributed by atoms with Crippen molar-refractivity contribution in [1.29, 1.82) is 0 Å². The highest BCUT2D eigenvalue weighted by molar-refractivity contribution is 7.00. The van der Waals surface area contributed by atoms with Crippen molar-refractivity contribution in [2.24, 2.45) is 0 Å². The lowest BCUT2D eigenvalue weighted by Gasteiger charge is -2.46. The van der Waals surface area contributed by atoms with Gasteiger partial charge in [0.2, 0.25) is 0 Å². The molecule has 2 aliphatic carbocycles. The van der Waals surface area contributed by atoms with E-state index in [0.29, 0.717) is 27.6 Å². The van der Waals surface area contributed by atoms with E-state index in [0.717, 1.165) is 135 Å². The molecular formula is C110H84BN3O2. The van der Waals surface area contributed by atoms with Crippen molar-refractivity contribution in [3.8, 4) is 84.3 Å². The van der Waals surface area contributed by atoms with Gasteiger partial charge in [-0.1, -0.05) is 317 Å². The van der Waals surface area contributed by atoms with Crippen LogP contribution in [0.15, 0.2) is 346 Å². The van der Waals surface area contributed by atoms with Gasteiger partial charge in [0, 0.05) is 72.6 Å². The Balaban J connectivity index is 0.802. The molecule has 4 aliphatic heterocycles. The molecule has 0 bridgehead atoms. The summed E-state index contributed by atoms with van der Waals surface area (Å²) in [7, 11) is 0. The summed E-state index contributed by atoms with van der Waals surface area (Å²) >= 11 is 0. The molecule has 6 heteroatoms. The Hall–Kier alpha value is -13.4. The van der Waals surface area contributed by atoms with Crippen molar-refractivity contribution in [2.75, 3.05) is 9.80 Å². The molecule has 116 heavy (non-hydrogen) atoms. The Labute approximate surface area is 687 Å². The molecule has 0 N–H and O–H groups in total. The van der Waals surface area contributed by atoms with Gasteiger partial charge in [0.15, 0.2) is 0 Å². The fourth-order valence-electron chi connectivity index (χ4n) is 20.4. The van der Waals surface area contributed by atoms with Crippen LogP contribution in [0, 0.1) is 0 Å². The molecule has 0 radical (unpaired) electrons. The highest BCUT2D eigenvalue weighted by Crippen LogP contribution is 2.65. The number of fused-ring (bicyclic) bond motifs is 25. The van der Waals surface area contributed by atoms with E-state index in [-0.39, 0.29) is 47.3 Å². The maximum atomic E-state index is 10.4. The van der Waals surface area contributed by atoms with Gasteiger partial charge < -0.3 is 23.8 Å². The highest BCUT2D eigenvalue weighted by Gasteiger charge is 2.54. The van der Waals surface area contributed by atoms with Gasteiger partial charge in [0.1, 0.15) is 23.0 Å². The van der Waals surface area contributed by atoms with Gasteiger partial charge in [0.25, 0.3) is 6.71 Å². The van der Waals surface area contributed by atoms with E-state index in [9.17, 15) is 8.22 Å². The largest absolute Gasteiger partial charge is 0.457 e. The molecule has 16 aromatic carbocycles. The quantitative estimate of drug-likeness (QED) is 0.155. The van der Waals surface area contributed by atoms with Crippen molar-refractivity contribution < 1.29 is 17.7 Å². The standard InChI is InChI=1S/C110H84BN3O2/c1-106(2,3)71-50-57-95-81(62-71)82-63-72(107(4,5)6)51-58-96(82)112(95)74-52-55-91-98(66-74)114(94-44-26-18-32-76(94)70-48-54-90-104(61-70)116-102-46-28-24-42-88(102)110(90)85-39-21-15-35-79(85)80-36-16-22-40-86(80)110)100-65-73(108(7,8)9)64-99-105(100)111(91)92-59-68(67-29-11-10-12-30-67)49-56-97(92)113(99)93-43-25-17-31-75(93)69-47-53-89-103(60-69)115-101-45-27-23-41-87(101)109(89)83-37-19-13-33-77(83)78-34-14-20-38-84(78)109/h10-66H,1-9H3/i50D,51D,57D,58D,62D,63D. The molecule has 554 valence electrons. The number of ether oxygens (including phenoxy) is 2. The maximum Gasteiger partial charge on any atom is 0.252 e. The second-order valence-corrected chi connectivity index (χ2v) is 35.3. The molecule has 0 saturated carbocycles. The van der Waals surface area contributed by atoms with Crippen LogP contribution in [0.1, 0.15) is 132 Å². The predicted octanol–water partition coefficient (Wildman–Crippen LogP) is 26.7. The van der Waals surface area contributed by atoms with Crippen molar-refractivity contribution in [2.45, 2.75) is 89.4 Å². The number of benzene rings is 16. The van der Waals surface area contributed by atoms with E-state index in [2.05, 4.69) is 340 Å². The summed E-state index contributed by atoms with van der Waals surface area (Å²) < 4.78 is 77.9. The summed E-state index contributed by atoms with van der Waals surface area (Å²) in [5.74, 6) is 3.15. The van der Waals surface area contributed by atoms with Gasteiger partial charge in [0.05, 0.1) is 41.5 Å². The van der Waals surface area contributed by atoms with Crippen molar-refractivity contribution in [3.05, 3.63) is 407 Å². The molecule has 1 aromatic heterocycles. The van der Waals surface area contributed by atoms with E-state index >= 15 is 0 Å². The molecule has 0 saturated heterocycles. The topological polar surface area (TPSA) is 29.9 Å². The van der Waals surface area contributed by atoms with Gasteiger partial charge in [-0.25, -0.2) is 0 Å². The molecule has 2 spiro atoms. The minimum absolute atomic E-state index is 0.0388. The van der Waals surface area contributed by atoms with Crippen LogP contribution in [0.4, 0.5) is 34.1 Å². The van der Waals surface area contributed by atoms with Crippen molar-refractivity contribution in [1.82, 2.24) is 4.57 Å². The van der Waals surface area contributed by atoms with Crippen LogP contribution in [-0.4, -0.2) is 11.3 Å². The zero-order valence-corrected chi connectivity index (χ0v) is 66.2. The van der Waals surface area contributed by atoms with E-state index in [1.807, 2.05) is 46.1 Å². The lowest BCUT2D eigenvalue weighted by atomic mass is 9.33. The van der Waals surface area contributed by atoms with Crippen LogP contribution in [0.2, 0.25) is 0 Å². The number of hydrogen-bond donors (Lipinski definition) is 0. The van der Waals surface area contributed by atoms with E-state index in [4.69, 9.17) is 9.47 Å². The second-order valence-electron chi connectivity index (χ2n) is 35.3. The zero-order chi connectivity index (χ0) is 83.3. The third kappa shape index (κ3) is 9.59.